The van der Waals surface area contributed by atoms with E-state index in [0.717, 1.165) is 42.8 Å². The average molecular weight is 388 g/mol. The van der Waals surface area contributed by atoms with Crippen molar-refractivity contribution in [2.24, 2.45) is 5.10 Å². The number of hydrogen-bond donors (Lipinski definition) is 1. The molecule has 0 radical (unpaired) electrons. The summed E-state index contributed by atoms with van der Waals surface area (Å²) in [6.07, 6.45) is 1.73. The van der Waals surface area contributed by atoms with Gasteiger partial charge in [-0.3, -0.25) is 9.91 Å². The number of hydrogen-bond acceptors (Lipinski definition) is 4. The van der Waals surface area contributed by atoms with Gasteiger partial charge in [0.05, 0.1) is 6.21 Å². The number of phenolic OH excluding ortho intramolecular Hbond substituents is 1. The molecule has 1 fully saturated rings. The van der Waals surface area contributed by atoms with Gasteiger partial charge in [0.25, 0.3) is 0 Å². The molecule has 3 rings (SSSR count). The van der Waals surface area contributed by atoms with Crippen LogP contribution in [0.2, 0.25) is 0 Å². The lowest BCUT2D eigenvalue weighted by atomic mass is 10.1. The van der Waals surface area contributed by atoms with Crippen LogP contribution in [-0.2, 0) is 6.54 Å². The van der Waals surface area contributed by atoms with Gasteiger partial charge in [-0.1, -0.05) is 45.8 Å². The fraction of sp³-hybridized carbons (Fsp3) is 0.316. The molecule has 24 heavy (non-hydrogen) atoms. The van der Waals surface area contributed by atoms with Crippen molar-refractivity contribution in [2.75, 3.05) is 26.2 Å². The third-order valence-electron chi connectivity index (χ3n) is 4.23. The Kier molecular flexibility index (Phi) is 5.53. The first kappa shape index (κ1) is 17.0. The Morgan fingerprint density at radius 3 is 2.50 bits per heavy atom. The topological polar surface area (TPSA) is 39.1 Å². The quantitative estimate of drug-likeness (QED) is 0.814. The van der Waals surface area contributed by atoms with Crippen LogP contribution in [0.3, 0.4) is 0 Å². The molecule has 1 heterocycles. The minimum absolute atomic E-state index is 0.250. The molecule has 0 bridgehead atoms. The van der Waals surface area contributed by atoms with Gasteiger partial charge in [-0.25, -0.2) is 0 Å². The highest BCUT2D eigenvalue weighted by Crippen LogP contribution is 2.20. The maximum absolute atomic E-state index is 9.85. The van der Waals surface area contributed by atoms with E-state index in [1.54, 1.807) is 12.3 Å². The Morgan fingerprint density at radius 2 is 1.79 bits per heavy atom. The summed E-state index contributed by atoms with van der Waals surface area (Å²) in [7, 11) is 0. The molecule has 0 atom stereocenters. The zero-order chi connectivity index (χ0) is 16.9. The SMILES string of the molecule is Cc1ccc(CN2CCN(/N=C\c3cc(Br)ccc3O)CC2)cc1. The highest BCUT2D eigenvalue weighted by Gasteiger charge is 2.15. The standard InChI is InChI=1S/C19H22BrN3O/c1-15-2-4-16(5-3-15)14-22-8-10-23(11-9-22)21-13-17-12-18(20)6-7-19(17)24/h2-7,12-13,24H,8-11,14H2,1H3/b21-13-. The second kappa shape index (κ2) is 7.81. The van der Waals surface area contributed by atoms with Crippen LogP contribution in [0.15, 0.2) is 52.0 Å². The first-order valence-corrected chi connectivity index (χ1v) is 8.95. The van der Waals surface area contributed by atoms with Crippen molar-refractivity contribution in [1.29, 1.82) is 0 Å². The summed E-state index contributed by atoms with van der Waals surface area (Å²) in [4.78, 5) is 2.45. The van der Waals surface area contributed by atoms with Crippen molar-refractivity contribution in [3.05, 3.63) is 63.6 Å². The fourth-order valence-corrected chi connectivity index (χ4v) is 3.11. The molecule has 0 aliphatic carbocycles. The smallest absolute Gasteiger partial charge is 0.124 e. The number of nitrogens with zero attached hydrogens (tertiary/aromatic N) is 3. The van der Waals surface area contributed by atoms with Crippen LogP contribution in [0, 0.1) is 6.92 Å². The number of aryl methyl sites for hydroxylation is 1. The number of phenols is 1. The third kappa shape index (κ3) is 4.58. The minimum Gasteiger partial charge on any atom is -0.507 e. The van der Waals surface area contributed by atoms with Crippen molar-refractivity contribution in [3.63, 3.8) is 0 Å². The van der Waals surface area contributed by atoms with Crippen LogP contribution < -0.4 is 0 Å². The van der Waals surface area contributed by atoms with Gasteiger partial charge in [0.2, 0.25) is 0 Å². The Morgan fingerprint density at radius 1 is 1.08 bits per heavy atom. The van der Waals surface area contributed by atoms with Crippen LogP contribution in [0.25, 0.3) is 0 Å². The molecule has 5 heteroatoms. The average Bonchev–Trinajstić information content (AvgIpc) is 2.59. The molecular weight excluding hydrogens is 366 g/mol. The van der Waals surface area contributed by atoms with Gasteiger partial charge in [0.15, 0.2) is 0 Å². The van der Waals surface area contributed by atoms with E-state index in [9.17, 15) is 5.11 Å². The monoisotopic (exact) mass is 387 g/mol. The number of rotatable bonds is 4. The van der Waals surface area contributed by atoms with Crippen LogP contribution in [0.1, 0.15) is 16.7 Å². The van der Waals surface area contributed by atoms with Crippen molar-refractivity contribution in [3.8, 4) is 5.75 Å². The number of aromatic hydroxyl groups is 1. The maximum atomic E-state index is 9.85. The second-order valence-electron chi connectivity index (χ2n) is 6.16. The Balaban J connectivity index is 1.52. The number of halogens is 1. The molecule has 0 unspecified atom stereocenters. The van der Waals surface area contributed by atoms with Crippen LogP contribution in [0.5, 0.6) is 5.75 Å². The van der Waals surface area contributed by atoms with E-state index in [1.807, 2.05) is 12.1 Å². The molecule has 0 spiro atoms. The molecule has 1 aliphatic heterocycles. The van der Waals surface area contributed by atoms with Gasteiger partial charge in [0.1, 0.15) is 5.75 Å². The first-order valence-electron chi connectivity index (χ1n) is 8.15. The molecule has 1 N–H and O–H groups in total. The van der Waals surface area contributed by atoms with Crippen molar-refractivity contribution in [2.45, 2.75) is 13.5 Å². The van der Waals surface area contributed by atoms with Crippen molar-refractivity contribution < 1.29 is 5.11 Å². The van der Waals surface area contributed by atoms with Gasteiger partial charge in [-0.05, 0) is 30.7 Å². The Hall–Kier alpha value is -1.85. The van der Waals surface area contributed by atoms with Crippen LogP contribution >= 0.6 is 15.9 Å². The lowest BCUT2D eigenvalue weighted by Crippen LogP contribution is -2.43. The second-order valence-corrected chi connectivity index (χ2v) is 7.08. The molecule has 0 saturated carbocycles. The van der Waals surface area contributed by atoms with Crippen LogP contribution in [0.4, 0.5) is 0 Å². The highest BCUT2D eigenvalue weighted by molar-refractivity contribution is 9.10. The maximum Gasteiger partial charge on any atom is 0.124 e. The van der Waals surface area contributed by atoms with E-state index >= 15 is 0 Å². The summed E-state index contributed by atoms with van der Waals surface area (Å²) in [5.41, 5.74) is 3.39. The summed E-state index contributed by atoms with van der Waals surface area (Å²) in [6, 6.07) is 14.1. The summed E-state index contributed by atoms with van der Waals surface area (Å²) >= 11 is 3.41. The summed E-state index contributed by atoms with van der Waals surface area (Å²) < 4.78 is 0.935. The lowest BCUT2D eigenvalue weighted by molar-refractivity contribution is 0.131. The van der Waals surface area contributed by atoms with E-state index in [4.69, 9.17) is 0 Å². The molecule has 2 aromatic carbocycles. The first-order chi connectivity index (χ1) is 11.6. The predicted octanol–water partition coefficient (Wildman–Crippen LogP) is 3.61. The molecule has 4 nitrogen and oxygen atoms in total. The Labute approximate surface area is 151 Å². The largest absolute Gasteiger partial charge is 0.507 e. The zero-order valence-electron chi connectivity index (χ0n) is 13.8. The normalized spacial score (nSPS) is 16.0. The lowest BCUT2D eigenvalue weighted by Gasteiger charge is -2.33. The van der Waals surface area contributed by atoms with Gasteiger partial charge in [0, 0.05) is 42.8 Å². The molecule has 126 valence electrons. The number of hydrazone groups is 1. The van der Waals surface area contributed by atoms with Gasteiger partial charge >= 0.3 is 0 Å². The minimum atomic E-state index is 0.250. The van der Waals surface area contributed by atoms with Gasteiger partial charge in [-0.15, -0.1) is 0 Å². The van der Waals surface area contributed by atoms with Gasteiger partial charge in [-0.2, -0.15) is 5.10 Å². The predicted molar refractivity (Wildman–Crippen MR) is 101 cm³/mol. The van der Waals surface area contributed by atoms with Crippen molar-refractivity contribution in [1.82, 2.24) is 9.91 Å². The van der Waals surface area contributed by atoms with E-state index in [-0.39, 0.29) is 5.75 Å². The van der Waals surface area contributed by atoms with E-state index in [1.165, 1.54) is 11.1 Å². The van der Waals surface area contributed by atoms with E-state index in [0.29, 0.717) is 0 Å². The fourth-order valence-electron chi connectivity index (χ4n) is 2.74. The van der Waals surface area contributed by atoms with Crippen molar-refractivity contribution >= 4 is 22.1 Å². The van der Waals surface area contributed by atoms with Crippen LogP contribution in [-0.4, -0.2) is 47.4 Å². The van der Waals surface area contributed by atoms with E-state index < -0.39 is 0 Å². The zero-order valence-corrected chi connectivity index (χ0v) is 15.4. The molecule has 0 aromatic heterocycles. The molecule has 0 amide bonds. The third-order valence-corrected chi connectivity index (χ3v) is 4.72. The molecule has 2 aromatic rings. The Bertz CT molecular complexity index is 707. The summed E-state index contributed by atoms with van der Waals surface area (Å²) in [5.74, 6) is 0.250. The molecule has 1 aliphatic rings. The molecular formula is C19H22BrN3O. The highest BCUT2D eigenvalue weighted by atomic mass is 79.9. The summed E-state index contributed by atoms with van der Waals surface area (Å²) in [5, 5.41) is 16.4. The summed E-state index contributed by atoms with van der Waals surface area (Å²) in [6.45, 7) is 6.90. The van der Waals surface area contributed by atoms with E-state index in [2.05, 4.69) is 62.1 Å². The molecule has 1 saturated heterocycles. The number of piperazine rings is 1. The number of benzene rings is 2. The van der Waals surface area contributed by atoms with Gasteiger partial charge < -0.3 is 5.11 Å².